The summed E-state index contributed by atoms with van der Waals surface area (Å²) in [5.41, 5.74) is 7.32. The van der Waals surface area contributed by atoms with Crippen molar-refractivity contribution < 1.29 is 4.74 Å². The third-order valence-corrected chi connectivity index (χ3v) is 3.29. The molecule has 2 heterocycles. The topological polar surface area (TPSA) is 35.2 Å². The first-order valence-electron chi connectivity index (χ1n) is 5.22. The monoisotopic (exact) mass is 181 g/mol. The minimum absolute atomic E-state index is 0.271. The van der Waals surface area contributed by atoms with Crippen molar-refractivity contribution in [3.05, 3.63) is 12.2 Å². The molecule has 2 fully saturated rings. The average molecular weight is 181 g/mol. The molecule has 0 aromatic heterocycles. The van der Waals surface area contributed by atoms with E-state index in [0.29, 0.717) is 18.1 Å². The van der Waals surface area contributed by atoms with Crippen LogP contribution in [0.3, 0.4) is 0 Å². The summed E-state index contributed by atoms with van der Waals surface area (Å²) in [5.74, 6) is 0.593. The van der Waals surface area contributed by atoms with Gasteiger partial charge in [-0.25, -0.2) is 0 Å². The van der Waals surface area contributed by atoms with E-state index < -0.39 is 0 Å². The summed E-state index contributed by atoms with van der Waals surface area (Å²) in [6.45, 7) is 5.96. The van der Waals surface area contributed by atoms with Crippen molar-refractivity contribution in [2.75, 3.05) is 0 Å². The fourth-order valence-electron chi connectivity index (χ4n) is 2.68. The predicted molar refractivity (Wildman–Crippen MR) is 53.4 cm³/mol. The Morgan fingerprint density at radius 2 is 2.38 bits per heavy atom. The molecule has 0 aromatic carbocycles. The van der Waals surface area contributed by atoms with Crippen LogP contribution in [0.2, 0.25) is 0 Å². The fourth-order valence-corrected chi connectivity index (χ4v) is 2.68. The summed E-state index contributed by atoms with van der Waals surface area (Å²) in [6, 6.07) is 0.271. The van der Waals surface area contributed by atoms with E-state index in [2.05, 4.69) is 6.58 Å². The molecule has 74 valence electrons. The Morgan fingerprint density at radius 3 is 2.85 bits per heavy atom. The Kier molecular flexibility index (Phi) is 2.43. The van der Waals surface area contributed by atoms with Gasteiger partial charge in [0.1, 0.15) is 0 Å². The molecule has 2 nitrogen and oxygen atoms in total. The number of hydrogen-bond acceptors (Lipinski definition) is 2. The summed E-state index contributed by atoms with van der Waals surface area (Å²) in [5, 5.41) is 0. The molecule has 0 spiro atoms. The van der Waals surface area contributed by atoms with Crippen LogP contribution in [0.5, 0.6) is 0 Å². The Bertz CT molecular complexity index is 214. The minimum atomic E-state index is 0.271. The van der Waals surface area contributed by atoms with Crippen LogP contribution in [-0.2, 0) is 4.74 Å². The maximum Gasteiger partial charge on any atom is 0.0623 e. The highest BCUT2D eigenvalue weighted by Gasteiger charge is 2.43. The lowest BCUT2D eigenvalue weighted by Crippen LogP contribution is -2.36. The highest BCUT2D eigenvalue weighted by Crippen LogP contribution is 2.40. The van der Waals surface area contributed by atoms with E-state index in [4.69, 9.17) is 10.5 Å². The second kappa shape index (κ2) is 3.43. The summed E-state index contributed by atoms with van der Waals surface area (Å²) in [6.07, 6.45) is 5.59. The van der Waals surface area contributed by atoms with Crippen LogP contribution in [0.1, 0.15) is 32.6 Å². The zero-order chi connectivity index (χ0) is 9.42. The van der Waals surface area contributed by atoms with Gasteiger partial charge in [0, 0.05) is 12.0 Å². The van der Waals surface area contributed by atoms with E-state index in [1.54, 1.807) is 0 Å². The highest BCUT2D eigenvalue weighted by molar-refractivity contribution is 5.00. The molecule has 2 saturated heterocycles. The highest BCUT2D eigenvalue weighted by atomic mass is 16.5. The molecule has 2 aliphatic rings. The number of fused-ring (bicyclic) bond motifs is 2. The van der Waals surface area contributed by atoms with Crippen molar-refractivity contribution in [3.8, 4) is 0 Å². The van der Waals surface area contributed by atoms with Crippen molar-refractivity contribution in [2.24, 2.45) is 11.7 Å². The lowest BCUT2D eigenvalue weighted by atomic mass is 9.82. The first kappa shape index (κ1) is 9.22. The molecule has 0 saturated carbocycles. The van der Waals surface area contributed by atoms with Gasteiger partial charge in [0.25, 0.3) is 0 Å². The zero-order valence-electron chi connectivity index (χ0n) is 8.33. The Balaban J connectivity index is 1.91. The lowest BCUT2D eigenvalue weighted by molar-refractivity contribution is 0.0885. The van der Waals surface area contributed by atoms with Crippen molar-refractivity contribution in [1.29, 1.82) is 0 Å². The molecule has 13 heavy (non-hydrogen) atoms. The molecular weight excluding hydrogens is 162 g/mol. The smallest absolute Gasteiger partial charge is 0.0623 e. The van der Waals surface area contributed by atoms with E-state index in [1.165, 1.54) is 24.8 Å². The molecule has 0 aromatic rings. The molecule has 0 amide bonds. The summed E-state index contributed by atoms with van der Waals surface area (Å²) in [7, 11) is 0. The second-order valence-corrected chi connectivity index (χ2v) is 4.60. The van der Waals surface area contributed by atoms with E-state index in [1.807, 2.05) is 6.92 Å². The number of rotatable bonds is 3. The van der Waals surface area contributed by atoms with Crippen molar-refractivity contribution in [1.82, 2.24) is 0 Å². The predicted octanol–water partition coefficient (Wildman–Crippen LogP) is 1.85. The van der Waals surface area contributed by atoms with E-state index >= 15 is 0 Å². The number of ether oxygens (including phenoxy) is 1. The van der Waals surface area contributed by atoms with Crippen LogP contribution in [0, 0.1) is 5.92 Å². The molecule has 2 heteroatoms. The van der Waals surface area contributed by atoms with Gasteiger partial charge in [-0.2, -0.15) is 0 Å². The van der Waals surface area contributed by atoms with Gasteiger partial charge in [0.05, 0.1) is 12.2 Å². The summed E-state index contributed by atoms with van der Waals surface area (Å²) >= 11 is 0. The largest absolute Gasteiger partial charge is 0.375 e. The number of nitrogens with two attached hydrogens (primary N) is 1. The van der Waals surface area contributed by atoms with E-state index in [-0.39, 0.29) is 6.04 Å². The van der Waals surface area contributed by atoms with Crippen molar-refractivity contribution in [3.63, 3.8) is 0 Å². The van der Waals surface area contributed by atoms with E-state index in [9.17, 15) is 0 Å². The first-order chi connectivity index (χ1) is 6.16. The Labute approximate surface area is 80.1 Å². The van der Waals surface area contributed by atoms with Crippen molar-refractivity contribution in [2.45, 2.75) is 50.9 Å². The lowest BCUT2D eigenvalue weighted by Gasteiger charge is -2.25. The molecule has 2 N–H and O–H groups in total. The minimum Gasteiger partial charge on any atom is -0.375 e. The average Bonchev–Trinajstić information content (AvgIpc) is 2.62. The molecule has 2 aliphatic heterocycles. The van der Waals surface area contributed by atoms with Gasteiger partial charge in [-0.05, 0) is 32.6 Å². The van der Waals surface area contributed by atoms with Gasteiger partial charge >= 0.3 is 0 Å². The summed E-state index contributed by atoms with van der Waals surface area (Å²) in [4.78, 5) is 0. The van der Waals surface area contributed by atoms with Gasteiger partial charge in [-0.3, -0.25) is 0 Å². The first-order valence-corrected chi connectivity index (χ1v) is 5.22. The Morgan fingerprint density at radius 1 is 1.62 bits per heavy atom. The molecule has 2 bridgehead atoms. The molecule has 4 unspecified atom stereocenters. The van der Waals surface area contributed by atoms with Crippen LogP contribution < -0.4 is 5.73 Å². The Hall–Kier alpha value is -0.340. The van der Waals surface area contributed by atoms with Gasteiger partial charge in [-0.15, -0.1) is 6.58 Å². The van der Waals surface area contributed by atoms with E-state index in [0.717, 1.165) is 6.42 Å². The fraction of sp³-hybridized carbons (Fsp3) is 0.818. The zero-order valence-corrected chi connectivity index (χ0v) is 8.33. The molecule has 4 atom stereocenters. The molecule has 0 aliphatic carbocycles. The van der Waals surface area contributed by atoms with Crippen LogP contribution in [-0.4, -0.2) is 18.2 Å². The van der Waals surface area contributed by atoms with Gasteiger partial charge in [0.2, 0.25) is 0 Å². The maximum atomic E-state index is 6.13. The SMILES string of the molecule is C=C(C)CC(N)C1CC2CCC1O2. The quantitative estimate of drug-likeness (QED) is 0.674. The van der Waals surface area contributed by atoms with Crippen LogP contribution in [0.4, 0.5) is 0 Å². The van der Waals surface area contributed by atoms with Crippen molar-refractivity contribution >= 4 is 0 Å². The van der Waals surface area contributed by atoms with Crippen LogP contribution >= 0.6 is 0 Å². The van der Waals surface area contributed by atoms with Crippen LogP contribution in [0.25, 0.3) is 0 Å². The maximum absolute atomic E-state index is 6.13. The van der Waals surface area contributed by atoms with Crippen LogP contribution in [0.15, 0.2) is 12.2 Å². The number of hydrogen-bond donors (Lipinski definition) is 1. The molecule has 2 rings (SSSR count). The molecule has 0 radical (unpaired) electrons. The van der Waals surface area contributed by atoms with Gasteiger partial charge in [0.15, 0.2) is 0 Å². The molecular formula is C11H19NO. The summed E-state index contributed by atoms with van der Waals surface area (Å²) < 4.78 is 5.78. The van der Waals surface area contributed by atoms with Gasteiger partial charge in [-0.1, -0.05) is 5.57 Å². The normalized spacial score (nSPS) is 39.4. The third kappa shape index (κ3) is 1.79. The standard InChI is InChI=1S/C11H19NO/c1-7(2)5-10(12)9-6-8-3-4-11(9)13-8/h8-11H,1,3-6,12H2,2H3. The van der Waals surface area contributed by atoms with Gasteiger partial charge < -0.3 is 10.5 Å². The second-order valence-electron chi connectivity index (χ2n) is 4.60. The third-order valence-electron chi connectivity index (χ3n) is 3.29.